The second kappa shape index (κ2) is 12.2. The number of carbonyl (C=O) groups excluding carboxylic acids is 2. The van der Waals surface area contributed by atoms with E-state index in [1.54, 1.807) is 24.3 Å². The lowest BCUT2D eigenvalue weighted by molar-refractivity contribution is -0.0593. The molecule has 0 spiro atoms. The number of allylic oxidation sites excluding steroid dienone is 4. The predicted molar refractivity (Wildman–Crippen MR) is 170 cm³/mol. The second-order valence-electron chi connectivity index (χ2n) is 9.85. The summed E-state index contributed by atoms with van der Waals surface area (Å²) in [5, 5.41) is 0. The van der Waals surface area contributed by atoms with E-state index in [0.717, 1.165) is 30.3 Å². The Labute approximate surface area is 256 Å². The Balaban J connectivity index is 1.66. The minimum absolute atomic E-state index is 0.163. The molecule has 6 heteroatoms. The van der Waals surface area contributed by atoms with E-state index < -0.39 is 24.1 Å². The molecule has 4 atom stereocenters. The van der Waals surface area contributed by atoms with Crippen molar-refractivity contribution in [1.82, 2.24) is 0 Å². The van der Waals surface area contributed by atoms with Gasteiger partial charge in [0.05, 0.1) is 17.0 Å². The molecule has 2 aliphatic rings. The van der Waals surface area contributed by atoms with Crippen molar-refractivity contribution in [3.8, 4) is 0 Å². The van der Waals surface area contributed by atoms with Crippen LogP contribution < -0.4 is 0 Å². The van der Waals surface area contributed by atoms with Gasteiger partial charge in [0.2, 0.25) is 0 Å². The van der Waals surface area contributed by atoms with E-state index in [4.69, 9.17) is 9.47 Å². The van der Waals surface area contributed by atoms with Crippen molar-refractivity contribution in [1.29, 1.82) is 0 Å². The summed E-state index contributed by atoms with van der Waals surface area (Å²) in [6.45, 7) is 4.15. The fraction of sp³-hybridized carbons (Fsp3) is 0.212. The standard InChI is InChI=1S/C33H28I2O4/c1-20-13-14-25(35)19-28(20)29-27-18-16-24(34)15-17-26(27)21(2)30(38-32(36)22-9-5-3-6-10-22)31(29)39-33(37)23-11-7-4-8-12-23/h3-16,18-19,21,29-31H,17H2,1-2H3. The summed E-state index contributed by atoms with van der Waals surface area (Å²) >= 11 is 4.65. The monoisotopic (exact) mass is 742 g/mol. The van der Waals surface area contributed by atoms with Gasteiger partial charge in [0.15, 0.2) is 6.10 Å². The maximum Gasteiger partial charge on any atom is 0.338 e. The summed E-state index contributed by atoms with van der Waals surface area (Å²) in [5.41, 5.74) is 5.40. The van der Waals surface area contributed by atoms with Crippen LogP contribution in [0.1, 0.15) is 51.1 Å². The Morgan fingerprint density at radius 1 is 0.795 bits per heavy atom. The van der Waals surface area contributed by atoms with Crippen LogP contribution in [0.3, 0.4) is 0 Å². The van der Waals surface area contributed by atoms with Crippen molar-refractivity contribution < 1.29 is 19.1 Å². The van der Waals surface area contributed by atoms with Crippen LogP contribution in [0.15, 0.2) is 112 Å². The zero-order valence-electron chi connectivity index (χ0n) is 21.6. The fourth-order valence-electron chi connectivity index (χ4n) is 5.40. The summed E-state index contributed by atoms with van der Waals surface area (Å²) < 4.78 is 14.9. The van der Waals surface area contributed by atoms with Crippen LogP contribution in [0.25, 0.3) is 0 Å². The molecule has 0 aliphatic heterocycles. The van der Waals surface area contributed by atoms with Crippen molar-refractivity contribution in [3.63, 3.8) is 0 Å². The van der Waals surface area contributed by atoms with E-state index in [0.29, 0.717) is 11.1 Å². The van der Waals surface area contributed by atoms with Crippen LogP contribution in [-0.4, -0.2) is 24.1 Å². The molecule has 39 heavy (non-hydrogen) atoms. The van der Waals surface area contributed by atoms with E-state index in [-0.39, 0.29) is 11.8 Å². The van der Waals surface area contributed by atoms with Gasteiger partial charge in [-0.3, -0.25) is 0 Å². The van der Waals surface area contributed by atoms with E-state index >= 15 is 0 Å². The average Bonchev–Trinajstić information content (AvgIpc) is 3.15. The van der Waals surface area contributed by atoms with Crippen LogP contribution in [0.4, 0.5) is 0 Å². The van der Waals surface area contributed by atoms with Crippen molar-refractivity contribution in [2.75, 3.05) is 0 Å². The van der Waals surface area contributed by atoms with Crippen LogP contribution >= 0.6 is 45.2 Å². The molecule has 0 radical (unpaired) electrons. The largest absolute Gasteiger partial charge is 0.454 e. The fourth-order valence-corrected chi connectivity index (χ4v) is 6.31. The number of hydrogen-bond acceptors (Lipinski definition) is 4. The van der Waals surface area contributed by atoms with Crippen LogP contribution in [0, 0.1) is 16.4 Å². The number of carbonyl (C=O) groups is 2. The first-order valence-corrected chi connectivity index (χ1v) is 15.0. The predicted octanol–water partition coefficient (Wildman–Crippen LogP) is 8.36. The molecule has 0 N–H and O–H groups in total. The number of hydrogen-bond donors (Lipinski definition) is 0. The number of esters is 2. The van der Waals surface area contributed by atoms with E-state index in [1.807, 2.05) is 36.4 Å². The summed E-state index contributed by atoms with van der Waals surface area (Å²) in [7, 11) is 0. The summed E-state index contributed by atoms with van der Waals surface area (Å²) in [4.78, 5) is 26.9. The van der Waals surface area contributed by atoms with E-state index in [1.165, 1.54) is 5.57 Å². The lowest BCUT2D eigenvalue weighted by atomic mass is 9.69. The highest BCUT2D eigenvalue weighted by atomic mass is 127. The molecule has 0 heterocycles. The third-order valence-corrected chi connectivity index (χ3v) is 8.89. The Morgan fingerprint density at radius 3 is 2.00 bits per heavy atom. The highest BCUT2D eigenvalue weighted by Gasteiger charge is 2.47. The maximum absolute atomic E-state index is 13.5. The molecule has 0 saturated heterocycles. The second-order valence-corrected chi connectivity index (χ2v) is 12.3. The van der Waals surface area contributed by atoms with Crippen molar-refractivity contribution in [2.24, 2.45) is 5.92 Å². The molecule has 0 saturated carbocycles. The van der Waals surface area contributed by atoms with Gasteiger partial charge in [-0.05, 0) is 118 Å². The smallest absolute Gasteiger partial charge is 0.338 e. The lowest BCUT2D eigenvalue weighted by Gasteiger charge is -2.43. The first kappa shape index (κ1) is 27.8. The highest BCUT2D eigenvalue weighted by Crippen LogP contribution is 2.47. The Morgan fingerprint density at radius 2 is 1.38 bits per heavy atom. The molecule has 0 fully saturated rings. The molecule has 0 bridgehead atoms. The average molecular weight is 742 g/mol. The molecule has 0 amide bonds. The summed E-state index contributed by atoms with van der Waals surface area (Å²) in [5.74, 6) is -1.33. The highest BCUT2D eigenvalue weighted by molar-refractivity contribution is 14.1. The minimum Gasteiger partial charge on any atom is -0.454 e. The first-order chi connectivity index (χ1) is 18.8. The van der Waals surface area contributed by atoms with E-state index in [9.17, 15) is 9.59 Å². The quantitative estimate of drug-likeness (QED) is 0.195. The van der Waals surface area contributed by atoms with Crippen LogP contribution in [-0.2, 0) is 9.47 Å². The molecule has 4 nitrogen and oxygen atoms in total. The maximum atomic E-state index is 13.5. The van der Waals surface area contributed by atoms with Gasteiger partial charge < -0.3 is 9.47 Å². The van der Waals surface area contributed by atoms with Crippen molar-refractivity contribution >= 4 is 57.1 Å². The van der Waals surface area contributed by atoms with Gasteiger partial charge in [0.25, 0.3) is 0 Å². The molecule has 5 rings (SSSR count). The van der Waals surface area contributed by atoms with Gasteiger partial charge in [-0.1, -0.05) is 67.1 Å². The van der Waals surface area contributed by atoms with Crippen molar-refractivity contribution in [3.05, 3.63) is 138 Å². The Hall–Kier alpha value is -2.72. The van der Waals surface area contributed by atoms with Crippen LogP contribution in [0.5, 0.6) is 0 Å². The Bertz CT molecular complexity index is 1470. The molecule has 198 valence electrons. The van der Waals surface area contributed by atoms with Gasteiger partial charge in [-0.15, -0.1) is 0 Å². The summed E-state index contributed by atoms with van der Waals surface area (Å²) in [6, 6.07) is 24.3. The number of halogens is 2. The molecule has 4 unspecified atom stereocenters. The topological polar surface area (TPSA) is 52.6 Å². The molecule has 2 aliphatic carbocycles. The minimum atomic E-state index is -0.726. The molecule has 3 aromatic carbocycles. The lowest BCUT2D eigenvalue weighted by Crippen LogP contribution is -2.48. The van der Waals surface area contributed by atoms with Gasteiger partial charge in [-0.25, -0.2) is 9.59 Å². The number of aryl methyl sites for hydroxylation is 1. The first-order valence-electron chi connectivity index (χ1n) is 12.9. The van der Waals surface area contributed by atoms with Crippen LogP contribution in [0.2, 0.25) is 0 Å². The van der Waals surface area contributed by atoms with Gasteiger partial charge in [0, 0.05) is 13.1 Å². The van der Waals surface area contributed by atoms with Gasteiger partial charge in [-0.2, -0.15) is 0 Å². The zero-order chi connectivity index (χ0) is 27.5. The number of ether oxygens (including phenoxy) is 2. The third-order valence-electron chi connectivity index (χ3n) is 7.42. The molecule has 0 aromatic heterocycles. The Kier molecular flexibility index (Phi) is 8.71. The number of benzene rings is 3. The van der Waals surface area contributed by atoms with Gasteiger partial charge >= 0.3 is 11.9 Å². The van der Waals surface area contributed by atoms with Crippen molar-refractivity contribution in [2.45, 2.75) is 38.4 Å². The summed E-state index contributed by atoms with van der Waals surface area (Å²) in [6.07, 6.45) is 5.79. The SMILES string of the molecule is Cc1ccc(I)cc1C1C2=C(CC=C(I)C=C2)C(C)C(OC(=O)c2ccccc2)C1OC(=O)c1ccccc1. The normalized spacial score (nSPS) is 22.4. The zero-order valence-corrected chi connectivity index (χ0v) is 26.0. The number of rotatable bonds is 5. The molecule has 3 aromatic rings. The van der Waals surface area contributed by atoms with Gasteiger partial charge in [0.1, 0.15) is 6.10 Å². The third kappa shape index (κ3) is 6.06. The van der Waals surface area contributed by atoms with E-state index in [2.05, 4.69) is 95.5 Å². The molecular weight excluding hydrogens is 714 g/mol. The molecular formula is C33H28I2O4.